The van der Waals surface area contributed by atoms with Gasteiger partial charge in [-0.25, -0.2) is 0 Å². The number of hydrogen-bond acceptors (Lipinski definition) is 3. The van der Waals surface area contributed by atoms with Crippen LogP contribution in [0.15, 0.2) is 0 Å². The Hall–Kier alpha value is -0.610. The molecule has 0 radical (unpaired) electrons. The van der Waals surface area contributed by atoms with Crippen molar-refractivity contribution >= 4 is 5.97 Å². The minimum absolute atomic E-state index is 0.236. The van der Waals surface area contributed by atoms with E-state index < -0.39 is 12.0 Å². The van der Waals surface area contributed by atoms with E-state index in [4.69, 9.17) is 10.8 Å². The minimum atomic E-state index is -0.769. The predicted octanol–water partition coefficient (Wildman–Crippen LogP) is 1.15. The minimum Gasteiger partial charge on any atom is -0.480 e. The maximum atomic E-state index is 11.1. The summed E-state index contributed by atoms with van der Waals surface area (Å²) in [6.07, 6.45) is 0.514. The van der Waals surface area contributed by atoms with Gasteiger partial charge >= 0.3 is 5.97 Å². The number of rotatable bonds is 7. The third-order valence-electron chi connectivity index (χ3n) is 2.36. The molecule has 3 N–H and O–H groups in total. The summed E-state index contributed by atoms with van der Waals surface area (Å²) in [5.41, 5.74) is 5.45. The van der Waals surface area contributed by atoms with Crippen molar-refractivity contribution in [1.29, 1.82) is 0 Å². The zero-order chi connectivity index (χ0) is 12.0. The van der Waals surface area contributed by atoms with Gasteiger partial charge < -0.3 is 10.8 Å². The van der Waals surface area contributed by atoms with Gasteiger partial charge in [0.2, 0.25) is 0 Å². The van der Waals surface area contributed by atoms with E-state index in [1.54, 1.807) is 0 Å². The van der Waals surface area contributed by atoms with Gasteiger partial charge in [-0.2, -0.15) is 0 Å². The first-order chi connectivity index (χ1) is 6.90. The third-order valence-corrected chi connectivity index (χ3v) is 2.36. The lowest BCUT2D eigenvalue weighted by atomic mass is 10.1. The summed E-state index contributed by atoms with van der Waals surface area (Å²) in [5.74, 6) is -0.304. The first-order valence-electron chi connectivity index (χ1n) is 5.58. The van der Waals surface area contributed by atoms with E-state index >= 15 is 0 Å². The number of carbonyl (C=O) groups is 1. The Labute approximate surface area is 92.4 Å². The van der Waals surface area contributed by atoms with Crippen molar-refractivity contribution in [3.05, 3.63) is 0 Å². The molecule has 0 rings (SSSR count). The molecule has 0 aliphatic carbocycles. The lowest BCUT2D eigenvalue weighted by Gasteiger charge is -2.33. The molecule has 15 heavy (non-hydrogen) atoms. The number of hydrogen-bond donors (Lipinski definition) is 2. The second-order valence-corrected chi connectivity index (χ2v) is 4.62. The van der Waals surface area contributed by atoms with Crippen LogP contribution in [-0.2, 0) is 4.79 Å². The number of carboxylic acids is 1. The van der Waals surface area contributed by atoms with E-state index in [1.165, 1.54) is 0 Å². The molecule has 0 amide bonds. The van der Waals surface area contributed by atoms with Crippen LogP contribution in [0.2, 0.25) is 0 Å². The van der Waals surface area contributed by atoms with Crippen molar-refractivity contribution in [3.8, 4) is 0 Å². The van der Waals surface area contributed by atoms with Gasteiger partial charge in [0.1, 0.15) is 6.04 Å². The van der Waals surface area contributed by atoms with Gasteiger partial charge in [0, 0.05) is 12.6 Å². The number of nitrogens with two attached hydrogens (primary N) is 1. The van der Waals surface area contributed by atoms with Crippen LogP contribution in [-0.4, -0.2) is 41.1 Å². The third kappa shape index (κ3) is 5.14. The summed E-state index contributed by atoms with van der Waals surface area (Å²) in [6.45, 7) is 9.45. The normalized spacial score (nSPS) is 13.9. The fourth-order valence-electron chi connectivity index (χ4n) is 1.71. The number of nitrogens with zero attached hydrogens (tertiary/aromatic N) is 1. The van der Waals surface area contributed by atoms with Crippen molar-refractivity contribution < 1.29 is 9.90 Å². The van der Waals surface area contributed by atoms with Crippen molar-refractivity contribution in [3.63, 3.8) is 0 Å². The van der Waals surface area contributed by atoms with Crippen molar-refractivity contribution in [2.45, 2.75) is 46.2 Å². The summed E-state index contributed by atoms with van der Waals surface area (Å²) in [4.78, 5) is 13.1. The van der Waals surface area contributed by atoms with Crippen LogP contribution in [0.3, 0.4) is 0 Å². The molecule has 0 aromatic carbocycles. The summed E-state index contributed by atoms with van der Waals surface area (Å²) >= 11 is 0. The van der Waals surface area contributed by atoms with Crippen LogP contribution < -0.4 is 5.73 Å². The Morgan fingerprint density at radius 1 is 1.33 bits per heavy atom. The van der Waals surface area contributed by atoms with Gasteiger partial charge in [0.05, 0.1) is 0 Å². The molecule has 0 saturated carbocycles. The Balaban J connectivity index is 4.59. The SMILES string of the molecule is CC(C)CN(C(C)C)C(CCN)C(=O)O. The Bertz CT molecular complexity index is 193. The van der Waals surface area contributed by atoms with Gasteiger partial charge in [-0.1, -0.05) is 13.8 Å². The van der Waals surface area contributed by atoms with E-state index in [0.717, 1.165) is 6.54 Å². The standard InChI is InChI=1S/C11H24N2O2/c1-8(2)7-13(9(3)4)10(5-6-12)11(14)15/h8-10H,5-7,12H2,1-4H3,(H,14,15). The summed E-state index contributed by atoms with van der Waals surface area (Å²) in [7, 11) is 0. The van der Waals surface area contributed by atoms with Crippen molar-refractivity contribution in [2.24, 2.45) is 11.7 Å². The summed E-state index contributed by atoms with van der Waals surface area (Å²) in [6, 6.07) is -0.211. The highest BCUT2D eigenvalue weighted by atomic mass is 16.4. The molecule has 0 aliphatic rings. The maximum absolute atomic E-state index is 11.1. The molecule has 0 saturated heterocycles. The number of carboxylic acid groups (broad SMARTS) is 1. The zero-order valence-electron chi connectivity index (χ0n) is 10.2. The molecule has 4 nitrogen and oxygen atoms in total. The predicted molar refractivity (Wildman–Crippen MR) is 61.8 cm³/mol. The van der Waals surface area contributed by atoms with E-state index in [2.05, 4.69) is 13.8 Å². The molecule has 0 heterocycles. The molecule has 0 aromatic rings. The molecule has 4 heteroatoms. The Morgan fingerprint density at radius 2 is 1.87 bits per heavy atom. The monoisotopic (exact) mass is 216 g/mol. The average Bonchev–Trinajstić information content (AvgIpc) is 2.09. The molecule has 0 bridgehead atoms. The molecule has 0 aromatic heterocycles. The second-order valence-electron chi connectivity index (χ2n) is 4.62. The highest BCUT2D eigenvalue weighted by Crippen LogP contribution is 2.12. The van der Waals surface area contributed by atoms with Gasteiger partial charge in [0.25, 0.3) is 0 Å². The fraction of sp³-hybridized carbons (Fsp3) is 0.909. The molecule has 0 fully saturated rings. The van der Waals surface area contributed by atoms with Crippen molar-refractivity contribution in [1.82, 2.24) is 4.90 Å². The van der Waals surface area contributed by atoms with Crippen molar-refractivity contribution in [2.75, 3.05) is 13.1 Å². The van der Waals surface area contributed by atoms with E-state index in [0.29, 0.717) is 18.9 Å². The smallest absolute Gasteiger partial charge is 0.320 e. The highest BCUT2D eigenvalue weighted by molar-refractivity contribution is 5.73. The molecular formula is C11H24N2O2. The van der Waals surface area contributed by atoms with Gasteiger partial charge in [-0.15, -0.1) is 0 Å². The Kier molecular flexibility index (Phi) is 6.52. The lowest BCUT2D eigenvalue weighted by molar-refractivity contribution is -0.144. The molecule has 1 unspecified atom stereocenters. The molecule has 1 atom stereocenters. The highest BCUT2D eigenvalue weighted by Gasteiger charge is 2.27. The van der Waals surface area contributed by atoms with Crippen LogP contribution in [0.5, 0.6) is 0 Å². The molecule has 0 spiro atoms. The average molecular weight is 216 g/mol. The molecular weight excluding hydrogens is 192 g/mol. The van der Waals surface area contributed by atoms with E-state index in [9.17, 15) is 4.79 Å². The molecule has 0 aliphatic heterocycles. The largest absolute Gasteiger partial charge is 0.480 e. The van der Waals surface area contributed by atoms with Gasteiger partial charge in [-0.3, -0.25) is 9.69 Å². The van der Waals surface area contributed by atoms with Crippen LogP contribution in [0.25, 0.3) is 0 Å². The van der Waals surface area contributed by atoms with Crippen LogP contribution in [0.1, 0.15) is 34.1 Å². The fourth-order valence-corrected chi connectivity index (χ4v) is 1.71. The summed E-state index contributed by atoms with van der Waals surface area (Å²) < 4.78 is 0. The van der Waals surface area contributed by atoms with Crippen LogP contribution in [0.4, 0.5) is 0 Å². The first kappa shape index (κ1) is 14.4. The lowest BCUT2D eigenvalue weighted by Crippen LogP contribution is -2.47. The Morgan fingerprint density at radius 3 is 2.13 bits per heavy atom. The van der Waals surface area contributed by atoms with Gasteiger partial charge in [0.15, 0.2) is 0 Å². The first-order valence-corrected chi connectivity index (χ1v) is 5.58. The van der Waals surface area contributed by atoms with Crippen LogP contribution >= 0.6 is 0 Å². The summed E-state index contributed by atoms with van der Waals surface area (Å²) in [5, 5.41) is 9.14. The van der Waals surface area contributed by atoms with Crippen LogP contribution in [0, 0.1) is 5.92 Å². The maximum Gasteiger partial charge on any atom is 0.320 e. The zero-order valence-corrected chi connectivity index (χ0v) is 10.2. The second kappa shape index (κ2) is 6.80. The van der Waals surface area contributed by atoms with E-state index in [1.807, 2.05) is 18.7 Å². The van der Waals surface area contributed by atoms with E-state index in [-0.39, 0.29) is 6.04 Å². The molecule has 90 valence electrons. The topological polar surface area (TPSA) is 66.6 Å². The van der Waals surface area contributed by atoms with Gasteiger partial charge in [-0.05, 0) is 32.7 Å². The number of aliphatic carboxylic acids is 1. The quantitative estimate of drug-likeness (QED) is 0.670.